The minimum atomic E-state index is -0.176. The number of fused-ring (bicyclic) bond motifs is 2. The fraction of sp³-hybridized carbons (Fsp3) is 0.333. The second-order valence-corrected chi connectivity index (χ2v) is 10.7. The van der Waals surface area contributed by atoms with E-state index in [0.29, 0.717) is 24.8 Å². The van der Waals surface area contributed by atoms with Gasteiger partial charge >= 0.3 is 0 Å². The summed E-state index contributed by atoms with van der Waals surface area (Å²) in [7, 11) is 1.69. The molecular weight excluding hydrogens is 472 g/mol. The Hall–Kier alpha value is -3.90. The lowest BCUT2D eigenvalue weighted by molar-refractivity contribution is -0.125. The molecule has 1 saturated heterocycles. The highest BCUT2D eigenvalue weighted by Gasteiger charge is 2.32. The van der Waals surface area contributed by atoms with Gasteiger partial charge in [0.05, 0.1) is 23.2 Å². The van der Waals surface area contributed by atoms with Gasteiger partial charge < -0.3 is 19.9 Å². The molecule has 2 N–H and O–H groups in total. The maximum absolute atomic E-state index is 13.0. The zero-order valence-electron chi connectivity index (χ0n) is 20.2. The van der Waals surface area contributed by atoms with Crippen molar-refractivity contribution >= 4 is 44.2 Å². The number of hydrogen-bond donors (Lipinski definition) is 1. The summed E-state index contributed by atoms with van der Waals surface area (Å²) in [6.45, 7) is 3.18. The van der Waals surface area contributed by atoms with E-state index in [1.807, 2.05) is 12.1 Å². The van der Waals surface area contributed by atoms with Crippen LogP contribution in [-0.2, 0) is 4.79 Å². The molecule has 1 aromatic carbocycles. The molecule has 4 heterocycles. The molecule has 2 fully saturated rings. The van der Waals surface area contributed by atoms with E-state index in [1.165, 1.54) is 6.33 Å². The van der Waals surface area contributed by atoms with Gasteiger partial charge in [0.25, 0.3) is 5.91 Å². The van der Waals surface area contributed by atoms with Crippen LogP contribution in [0, 0.1) is 24.2 Å². The van der Waals surface area contributed by atoms with Crippen LogP contribution < -0.4 is 10.5 Å². The molecule has 3 aromatic heterocycles. The first-order chi connectivity index (χ1) is 17.5. The fourth-order valence-electron chi connectivity index (χ4n) is 5.10. The molecule has 1 saturated carbocycles. The van der Waals surface area contributed by atoms with Crippen LogP contribution in [0.5, 0.6) is 5.75 Å². The van der Waals surface area contributed by atoms with Gasteiger partial charge in [-0.15, -0.1) is 11.3 Å². The zero-order valence-corrected chi connectivity index (χ0v) is 21.0. The highest BCUT2D eigenvalue weighted by molar-refractivity contribution is 7.22. The summed E-state index contributed by atoms with van der Waals surface area (Å²) in [5, 5.41) is 11.5. The highest BCUT2D eigenvalue weighted by atomic mass is 32.1. The fourth-order valence-corrected chi connectivity index (χ4v) is 6.25. The number of thiophene rings is 1. The van der Waals surface area contributed by atoms with Crippen LogP contribution in [0.25, 0.3) is 31.6 Å². The van der Waals surface area contributed by atoms with Gasteiger partial charge in [0.1, 0.15) is 35.2 Å². The molecular formula is C27H26N6O2S. The Morgan fingerprint density at radius 1 is 1.28 bits per heavy atom. The number of aryl methyl sites for hydroxylation is 1. The van der Waals surface area contributed by atoms with Gasteiger partial charge in [0.15, 0.2) is 0 Å². The number of carbonyl (C=O) groups excluding carboxylic acids is 1. The number of nitrogens with two attached hydrogens (primary N) is 1. The van der Waals surface area contributed by atoms with Crippen LogP contribution in [0.4, 0.5) is 5.82 Å². The summed E-state index contributed by atoms with van der Waals surface area (Å²) in [5.74, 6) is 1.48. The Labute approximate surface area is 212 Å². The number of allylic oxidation sites excluding steroid dienone is 1. The molecule has 9 heteroatoms. The predicted molar refractivity (Wildman–Crippen MR) is 141 cm³/mol. The maximum atomic E-state index is 13.0. The SMILES string of the molecule is COc1cc(C)cc2cc(-c3cn(C4CCN(C(=O)/C(C#N)=C/C5CC5)C4)c4ncnc(N)c34)sc12. The number of hydrogen-bond acceptors (Lipinski definition) is 7. The Kier molecular flexibility index (Phi) is 5.41. The van der Waals surface area contributed by atoms with Gasteiger partial charge in [0.2, 0.25) is 0 Å². The number of benzene rings is 1. The van der Waals surface area contributed by atoms with Crippen molar-refractivity contribution in [1.29, 1.82) is 5.26 Å². The molecule has 1 aliphatic heterocycles. The first-order valence-electron chi connectivity index (χ1n) is 12.1. The largest absolute Gasteiger partial charge is 0.495 e. The molecule has 1 amide bonds. The van der Waals surface area contributed by atoms with Crippen molar-refractivity contribution in [3.8, 4) is 22.3 Å². The second-order valence-electron chi connectivity index (χ2n) is 9.63. The standard InChI is InChI=1S/C27H26N6O2S/c1-15-7-17-10-22(36-24(17)21(8-15)35-2)20-13-33(26-23(20)25(29)30-14-31-26)19-5-6-32(12-19)27(34)18(11-28)9-16-3-4-16/h7-10,13-14,16,19H,3-6,12H2,1-2H3,(H2,29,30,31)/b18-9+. The number of likely N-dealkylation sites (tertiary alicyclic amines) is 1. The average Bonchev–Trinajstić information content (AvgIpc) is 3.24. The zero-order chi connectivity index (χ0) is 25.0. The topological polar surface area (TPSA) is 110 Å². The third-order valence-electron chi connectivity index (χ3n) is 7.07. The Bertz CT molecular complexity index is 1590. The predicted octanol–water partition coefficient (Wildman–Crippen LogP) is 4.85. The van der Waals surface area contributed by atoms with Crippen LogP contribution in [0.3, 0.4) is 0 Å². The second kappa shape index (κ2) is 8.64. The average molecular weight is 499 g/mol. The van der Waals surface area contributed by atoms with Crippen molar-refractivity contribution in [2.24, 2.45) is 5.92 Å². The monoisotopic (exact) mass is 498 g/mol. The lowest BCUT2D eigenvalue weighted by Crippen LogP contribution is -2.30. The van der Waals surface area contributed by atoms with Gasteiger partial charge in [0, 0.05) is 29.7 Å². The summed E-state index contributed by atoms with van der Waals surface area (Å²) < 4.78 is 8.84. The number of aromatic nitrogens is 3. The summed E-state index contributed by atoms with van der Waals surface area (Å²) in [5.41, 5.74) is 9.50. The molecule has 0 bridgehead atoms. The molecule has 36 heavy (non-hydrogen) atoms. The number of nitriles is 1. The summed E-state index contributed by atoms with van der Waals surface area (Å²) in [6, 6.07) is 8.50. The van der Waals surface area contributed by atoms with Gasteiger partial charge in [-0.1, -0.05) is 12.1 Å². The molecule has 0 spiro atoms. The van der Waals surface area contributed by atoms with Crippen LogP contribution in [-0.4, -0.2) is 45.5 Å². The van der Waals surface area contributed by atoms with E-state index in [9.17, 15) is 10.1 Å². The van der Waals surface area contributed by atoms with E-state index in [1.54, 1.807) is 23.3 Å². The molecule has 4 aromatic rings. The van der Waals surface area contributed by atoms with E-state index in [-0.39, 0.29) is 17.5 Å². The van der Waals surface area contributed by atoms with E-state index in [2.05, 4.69) is 45.9 Å². The van der Waals surface area contributed by atoms with Gasteiger partial charge in [-0.2, -0.15) is 5.26 Å². The normalized spacial score (nSPS) is 18.2. The van der Waals surface area contributed by atoms with E-state index < -0.39 is 0 Å². The minimum absolute atomic E-state index is 0.0338. The molecule has 1 aliphatic carbocycles. The molecule has 8 nitrogen and oxygen atoms in total. The van der Waals surface area contributed by atoms with E-state index in [4.69, 9.17) is 10.5 Å². The Morgan fingerprint density at radius 2 is 2.11 bits per heavy atom. The van der Waals surface area contributed by atoms with Crippen LogP contribution >= 0.6 is 11.3 Å². The Morgan fingerprint density at radius 3 is 2.86 bits per heavy atom. The van der Waals surface area contributed by atoms with Crippen molar-refractivity contribution < 1.29 is 9.53 Å². The Balaban J connectivity index is 1.39. The van der Waals surface area contributed by atoms with Gasteiger partial charge in [-0.3, -0.25) is 4.79 Å². The van der Waals surface area contributed by atoms with Gasteiger partial charge in [-0.25, -0.2) is 9.97 Å². The molecule has 1 atom stereocenters. The molecule has 6 rings (SSSR count). The number of carbonyl (C=O) groups is 1. The van der Waals surface area contributed by atoms with Crippen LogP contribution in [0.15, 0.2) is 42.4 Å². The van der Waals surface area contributed by atoms with Crippen molar-refractivity contribution in [2.45, 2.75) is 32.2 Å². The molecule has 182 valence electrons. The van der Waals surface area contributed by atoms with Gasteiger partial charge in [-0.05, 0) is 55.2 Å². The number of rotatable bonds is 5. The number of anilines is 1. The number of nitrogens with zero attached hydrogens (tertiary/aromatic N) is 5. The maximum Gasteiger partial charge on any atom is 0.264 e. The van der Waals surface area contributed by atoms with Crippen LogP contribution in [0.2, 0.25) is 0 Å². The number of ether oxygens (including phenoxy) is 1. The van der Waals surface area contributed by atoms with Crippen molar-refractivity contribution in [3.05, 3.63) is 47.9 Å². The van der Waals surface area contributed by atoms with Crippen LogP contribution in [0.1, 0.15) is 30.9 Å². The molecule has 0 radical (unpaired) electrons. The molecule has 2 aliphatic rings. The molecule has 1 unspecified atom stereocenters. The summed E-state index contributed by atoms with van der Waals surface area (Å²) in [4.78, 5) is 24.7. The highest BCUT2D eigenvalue weighted by Crippen LogP contribution is 2.44. The number of amides is 1. The van der Waals surface area contributed by atoms with Crippen molar-refractivity contribution in [3.63, 3.8) is 0 Å². The van der Waals surface area contributed by atoms with Crippen molar-refractivity contribution in [2.75, 3.05) is 25.9 Å². The number of methoxy groups -OCH3 is 1. The number of nitrogen functional groups attached to an aromatic ring is 1. The first kappa shape index (κ1) is 22.6. The lowest BCUT2D eigenvalue weighted by Gasteiger charge is -2.17. The quantitative estimate of drug-likeness (QED) is 0.311. The third kappa shape index (κ3) is 3.78. The third-order valence-corrected chi connectivity index (χ3v) is 8.27. The van der Waals surface area contributed by atoms with E-state index in [0.717, 1.165) is 62.1 Å². The first-order valence-corrected chi connectivity index (χ1v) is 12.9. The minimum Gasteiger partial charge on any atom is -0.495 e. The summed E-state index contributed by atoms with van der Waals surface area (Å²) >= 11 is 1.66. The van der Waals surface area contributed by atoms with Crippen molar-refractivity contribution in [1.82, 2.24) is 19.4 Å². The smallest absolute Gasteiger partial charge is 0.264 e. The lowest BCUT2D eigenvalue weighted by atomic mass is 10.1. The summed E-state index contributed by atoms with van der Waals surface area (Å²) in [6.07, 6.45) is 8.31. The van der Waals surface area contributed by atoms with E-state index >= 15 is 0 Å².